The zero-order valence-corrected chi connectivity index (χ0v) is 11.5. The van der Waals surface area contributed by atoms with E-state index in [4.69, 9.17) is 16.3 Å². The zero-order valence-electron chi connectivity index (χ0n) is 10.7. The predicted octanol–water partition coefficient (Wildman–Crippen LogP) is 4.86. The Morgan fingerprint density at radius 2 is 2.00 bits per heavy atom. The maximum absolute atomic E-state index is 13.3. The third kappa shape index (κ3) is 4.19. The summed E-state index contributed by atoms with van der Waals surface area (Å²) in [4.78, 5) is 0. The van der Waals surface area contributed by atoms with Gasteiger partial charge in [0.05, 0.1) is 11.6 Å². The smallest absolute Gasteiger partial charge is 0.138 e. The topological polar surface area (TPSA) is 9.23 Å². The van der Waals surface area contributed by atoms with Gasteiger partial charge in [-0.05, 0) is 42.9 Å². The van der Waals surface area contributed by atoms with Crippen LogP contribution in [0.3, 0.4) is 0 Å². The minimum Gasteiger partial charge on any atom is -0.492 e. The molecule has 1 aliphatic rings. The predicted molar refractivity (Wildman–Crippen MR) is 70.4 cm³/mol. The summed E-state index contributed by atoms with van der Waals surface area (Å²) in [6.45, 7) is 6.62. The fourth-order valence-electron chi connectivity index (χ4n) is 1.44. The molecule has 1 aromatic rings. The molecule has 0 radical (unpaired) electrons. The SMILES string of the molecule is CC.CCc1cc(OCC2CC2)c(Cl)cc1F. The normalized spacial score (nSPS) is 13.9. The summed E-state index contributed by atoms with van der Waals surface area (Å²) >= 11 is 5.90. The molecule has 0 N–H and O–H groups in total. The second-order valence-corrected chi connectivity index (χ2v) is 4.39. The first-order chi connectivity index (χ1) is 8.20. The molecule has 0 unspecified atom stereocenters. The Morgan fingerprint density at radius 1 is 1.35 bits per heavy atom. The van der Waals surface area contributed by atoms with E-state index in [9.17, 15) is 4.39 Å². The Kier molecular flexibility index (Phi) is 5.76. The molecule has 0 aromatic heterocycles. The van der Waals surface area contributed by atoms with E-state index in [0.717, 1.165) is 0 Å². The molecule has 0 atom stereocenters. The number of hydrogen-bond donors (Lipinski definition) is 0. The van der Waals surface area contributed by atoms with Crippen molar-refractivity contribution in [2.45, 2.75) is 40.0 Å². The first-order valence-corrected chi connectivity index (χ1v) is 6.69. The highest BCUT2D eigenvalue weighted by atomic mass is 35.5. The van der Waals surface area contributed by atoms with Crippen molar-refractivity contribution in [1.29, 1.82) is 0 Å². The van der Waals surface area contributed by atoms with Gasteiger partial charge in [-0.2, -0.15) is 0 Å². The Balaban J connectivity index is 0.000000686. The van der Waals surface area contributed by atoms with E-state index >= 15 is 0 Å². The molecule has 0 bridgehead atoms. The molecule has 1 nitrogen and oxygen atoms in total. The molecule has 3 heteroatoms. The summed E-state index contributed by atoms with van der Waals surface area (Å²) in [5, 5.41) is 0.366. The third-order valence-electron chi connectivity index (χ3n) is 2.65. The maximum atomic E-state index is 13.3. The molecule has 0 amide bonds. The van der Waals surface area contributed by atoms with Crippen LogP contribution in [0, 0.1) is 11.7 Å². The highest BCUT2D eigenvalue weighted by Crippen LogP contribution is 2.32. The van der Waals surface area contributed by atoms with Crippen LogP contribution in [0.2, 0.25) is 5.02 Å². The van der Waals surface area contributed by atoms with Crippen LogP contribution in [0.5, 0.6) is 5.75 Å². The maximum Gasteiger partial charge on any atom is 0.138 e. The second-order valence-electron chi connectivity index (χ2n) is 3.98. The van der Waals surface area contributed by atoms with E-state index < -0.39 is 0 Å². The number of benzene rings is 1. The number of hydrogen-bond acceptors (Lipinski definition) is 1. The molecule has 0 aliphatic heterocycles. The minimum absolute atomic E-state index is 0.249. The molecule has 1 aliphatic carbocycles. The molecular weight excluding hydrogens is 239 g/mol. The van der Waals surface area contributed by atoms with Gasteiger partial charge in [0.25, 0.3) is 0 Å². The van der Waals surface area contributed by atoms with Crippen LogP contribution in [-0.2, 0) is 6.42 Å². The van der Waals surface area contributed by atoms with Crippen molar-refractivity contribution in [1.82, 2.24) is 0 Å². The van der Waals surface area contributed by atoms with Gasteiger partial charge in [-0.15, -0.1) is 0 Å². The van der Waals surface area contributed by atoms with E-state index in [1.54, 1.807) is 6.07 Å². The Bertz CT molecular complexity index is 361. The van der Waals surface area contributed by atoms with Crippen molar-refractivity contribution < 1.29 is 9.13 Å². The van der Waals surface area contributed by atoms with Crippen LogP contribution in [-0.4, -0.2) is 6.61 Å². The van der Waals surface area contributed by atoms with Crippen molar-refractivity contribution >= 4 is 11.6 Å². The first-order valence-electron chi connectivity index (χ1n) is 6.31. The van der Waals surface area contributed by atoms with Crippen LogP contribution in [0.25, 0.3) is 0 Å². The lowest BCUT2D eigenvalue weighted by atomic mass is 10.1. The molecule has 0 saturated heterocycles. The highest BCUT2D eigenvalue weighted by Gasteiger charge is 2.22. The number of rotatable bonds is 4. The quantitative estimate of drug-likeness (QED) is 0.750. The molecule has 2 rings (SSSR count). The molecule has 17 heavy (non-hydrogen) atoms. The fourth-order valence-corrected chi connectivity index (χ4v) is 1.65. The van der Waals surface area contributed by atoms with E-state index in [1.807, 2.05) is 20.8 Å². The first kappa shape index (κ1) is 14.3. The summed E-state index contributed by atoms with van der Waals surface area (Å²) in [6, 6.07) is 3.04. The van der Waals surface area contributed by atoms with Crippen LogP contribution in [0.15, 0.2) is 12.1 Å². The van der Waals surface area contributed by atoms with Gasteiger partial charge in [-0.1, -0.05) is 32.4 Å². The van der Waals surface area contributed by atoms with Gasteiger partial charge in [0, 0.05) is 0 Å². The van der Waals surface area contributed by atoms with E-state index in [-0.39, 0.29) is 5.82 Å². The van der Waals surface area contributed by atoms with Gasteiger partial charge in [-0.3, -0.25) is 0 Å². The van der Waals surface area contributed by atoms with E-state index in [2.05, 4.69) is 0 Å². The van der Waals surface area contributed by atoms with Gasteiger partial charge in [0.2, 0.25) is 0 Å². The van der Waals surface area contributed by atoms with E-state index in [0.29, 0.717) is 35.3 Å². The van der Waals surface area contributed by atoms with Gasteiger partial charge in [-0.25, -0.2) is 4.39 Å². The third-order valence-corrected chi connectivity index (χ3v) is 2.95. The van der Waals surface area contributed by atoms with Crippen molar-refractivity contribution in [3.8, 4) is 5.75 Å². The average molecular weight is 259 g/mol. The summed E-state index contributed by atoms with van der Waals surface area (Å²) in [7, 11) is 0. The summed E-state index contributed by atoms with van der Waals surface area (Å²) < 4.78 is 18.9. The van der Waals surface area contributed by atoms with Crippen LogP contribution in [0.1, 0.15) is 39.2 Å². The van der Waals surface area contributed by atoms with Crippen molar-refractivity contribution in [3.05, 3.63) is 28.5 Å². The lowest BCUT2D eigenvalue weighted by Crippen LogP contribution is -2.01. The summed E-state index contributed by atoms with van der Waals surface area (Å²) in [5.41, 5.74) is 0.658. The number of halogens is 2. The lowest BCUT2D eigenvalue weighted by molar-refractivity contribution is 0.299. The molecule has 1 fully saturated rings. The average Bonchev–Trinajstić information content (AvgIpc) is 3.15. The van der Waals surface area contributed by atoms with Crippen molar-refractivity contribution in [2.24, 2.45) is 5.92 Å². The van der Waals surface area contributed by atoms with Gasteiger partial charge >= 0.3 is 0 Å². The van der Waals surface area contributed by atoms with Gasteiger partial charge < -0.3 is 4.74 Å². The molecule has 0 spiro atoms. The standard InChI is InChI=1S/C12H14ClFO.C2H6/c1-2-9-5-12(10(13)6-11(9)14)15-7-8-3-4-8;1-2/h5-6,8H,2-4,7H2,1H3;1-2H3. The van der Waals surface area contributed by atoms with Gasteiger partial charge in [0.15, 0.2) is 0 Å². The van der Waals surface area contributed by atoms with Gasteiger partial charge in [0.1, 0.15) is 11.6 Å². The lowest BCUT2D eigenvalue weighted by Gasteiger charge is -2.09. The molecule has 96 valence electrons. The Hall–Kier alpha value is -0.760. The van der Waals surface area contributed by atoms with Crippen LogP contribution < -0.4 is 4.74 Å². The van der Waals surface area contributed by atoms with Crippen LogP contribution >= 0.6 is 11.6 Å². The Morgan fingerprint density at radius 3 is 2.53 bits per heavy atom. The molecular formula is C14H20ClFO. The van der Waals surface area contributed by atoms with E-state index in [1.165, 1.54) is 18.9 Å². The molecule has 0 heterocycles. The minimum atomic E-state index is -0.249. The summed E-state index contributed by atoms with van der Waals surface area (Å²) in [5.74, 6) is 1.04. The Labute approximate surface area is 108 Å². The molecule has 1 aromatic carbocycles. The fraction of sp³-hybridized carbons (Fsp3) is 0.571. The molecule has 1 saturated carbocycles. The largest absolute Gasteiger partial charge is 0.492 e. The monoisotopic (exact) mass is 258 g/mol. The summed E-state index contributed by atoms with van der Waals surface area (Å²) in [6.07, 6.45) is 3.13. The zero-order chi connectivity index (χ0) is 12.8. The number of ether oxygens (including phenoxy) is 1. The van der Waals surface area contributed by atoms with Crippen molar-refractivity contribution in [3.63, 3.8) is 0 Å². The van der Waals surface area contributed by atoms with Crippen molar-refractivity contribution in [2.75, 3.05) is 6.61 Å². The second kappa shape index (κ2) is 6.85. The van der Waals surface area contributed by atoms with Crippen LogP contribution in [0.4, 0.5) is 4.39 Å². The number of aryl methyl sites for hydroxylation is 1. The highest BCUT2D eigenvalue weighted by molar-refractivity contribution is 6.32.